The summed E-state index contributed by atoms with van der Waals surface area (Å²) in [7, 11) is 0. The van der Waals surface area contributed by atoms with Crippen molar-refractivity contribution >= 4 is 18.3 Å². The largest absolute Gasteiger partial charge is 0.298 e. The van der Waals surface area contributed by atoms with E-state index in [1.165, 1.54) is 18.2 Å². The van der Waals surface area contributed by atoms with E-state index < -0.39 is 4.92 Å². The minimum atomic E-state index is -0.566. The van der Waals surface area contributed by atoms with Crippen LogP contribution in [0.25, 0.3) is 11.1 Å². The summed E-state index contributed by atoms with van der Waals surface area (Å²) in [4.78, 5) is 32.6. The van der Waals surface area contributed by atoms with Crippen LogP contribution in [0.1, 0.15) is 20.7 Å². The van der Waals surface area contributed by atoms with E-state index in [9.17, 15) is 19.7 Å². The number of hydrogen-bond donors (Lipinski definition) is 0. The molecule has 2 rings (SSSR count). The highest BCUT2D eigenvalue weighted by Gasteiger charge is 2.20. The third-order valence-corrected chi connectivity index (χ3v) is 2.76. The Labute approximate surface area is 108 Å². The molecule has 0 aliphatic carbocycles. The summed E-state index contributed by atoms with van der Waals surface area (Å²) in [6.07, 6.45) is 1.16. The first kappa shape index (κ1) is 12.6. The maximum atomic E-state index is 11.1. The van der Waals surface area contributed by atoms with Gasteiger partial charge in [-0.1, -0.05) is 36.4 Å². The number of benzene rings is 2. The molecule has 0 heterocycles. The van der Waals surface area contributed by atoms with Crippen molar-refractivity contribution in [2.24, 2.45) is 0 Å². The van der Waals surface area contributed by atoms with Crippen LogP contribution in [0.4, 0.5) is 5.69 Å². The van der Waals surface area contributed by atoms with Crippen molar-refractivity contribution in [3.8, 4) is 11.1 Å². The van der Waals surface area contributed by atoms with Crippen molar-refractivity contribution in [3.63, 3.8) is 0 Å². The average molecular weight is 255 g/mol. The van der Waals surface area contributed by atoms with Gasteiger partial charge in [0, 0.05) is 17.2 Å². The topological polar surface area (TPSA) is 77.3 Å². The molecule has 0 fully saturated rings. The van der Waals surface area contributed by atoms with Gasteiger partial charge in [0.15, 0.2) is 12.6 Å². The van der Waals surface area contributed by atoms with Crippen LogP contribution in [0.15, 0.2) is 42.5 Å². The molecule has 0 aromatic heterocycles. The van der Waals surface area contributed by atoms with Crippen LogP contribution in [0, 0.1) is 10.1 Å². The summed E-state index contributed by atoms with van der Waals surface area (Å²) in [5.74, 6) is 0. The summed E-state index contributed by atoms with van der Waals surface area (Å²) in [6, 6.07) is 10.7. The van der Waals surface area contributed by atoms with Gasteiger partial charge in [-0.25, -0.2) is 0 Å². The molecule has 0 amide bonds. The Hall–Kier alpha value is -2.82. The second-order valence-electron chi connectivity index (χ2n) is 3.82. The molecule has 0 radical (unpaired) electrons. The van der Waals surface area contributed by atoms with Crippen LogP contribution >= 0.6 is 0 Å². The molecule has 0 aliphatic rings. The van der Waals surface area contributed by atoms with Crippen molar-refractivity contribution < 1.29 is 14.5 Å². The Morgan fingerprint density at radius 1 is 0.895 bits per heavy atom. The molecule has 2 aromatic rings. The van der Waals surface area contributed by atoms with Crippen LogP contribution in [0.5, 0.6) is 0 Å². The smallest absolute Gasteiger partial charge is 0.277 e. The molecule has 0 atom stereocenters. The van der Waals surface area contributed by atoms with Crippen LogP contribution < -0.4 is 0 Å². The molecule has 19 heavy (non-hydrogen) atoms. The first-order valence-corrected chi connectivity index (χ1v) is 5.46. The van der Waals surface area contributed by atoms with E-state index in [0.29, 0.717) is 23.7 Å². The van der Waals surface area contributed by atoms with Gasteiger partial charge in [0.1, 0.15) is 0 Å². The van der Waals surface area contributed by atoms with E-state index in [1.807, 2.05) is 0 Å². The lowest BCUT2D eigenvalue weighted by atomic mass is 9.95. The van der Waals surface area contributed by atoms with E-state index >= 15 is 0 Å². The first-order chi connectivity index (χ1) is 9.19. The van der Waals surface area contributed by atoms with Gasteiger partial charge in [-0.3, -0.25) is 19.7 Å². The highest BCUT2D eigenvalue weighted by Crippen LogP contribution is 2.34. The molecule has 0 N–H and O–H groups in total. The Balaban J connectivity index is 2.83. The van der Waals surface area contributed by atoms with Gasteiger partial charge in [0.2, 0.25) is 0 Å². The Morgan fingerprint density at radius 3 is 2.16 bits per heavy atom. The number of hydrogen-bond acceptors (Lipinski definition) is 4. The van der Waals surface area contributed by atoms with Crippen molar-refractivity contribution in [1.29, 1.82) is 0 Å². The molecule has 2 aromatic carbocycles. The van der Waals surface area contributed by atoms with Crippen molar-refractivity contribution in [3.05, 3.63) is 63.7 Å². The molecule has 5 heteroatoms. The van der Waals surface area contributed by atoms with Crippen molar-refractivity contribution in [2.45, 2.75) is 0 Å². The van der Waals surface area contributed by atoms with Gasteiger partial charge in [-0.15, -0.1) is 0 Å². The number of carbonyl (C=O) groups is 2. The fraction of sp³-hybridized carbons (Fsp3) is 0. The van der Waals surface area contributed by atoms with E-state index in [0.717, 1.165) is 0 Å². The lowest BCUT2D eigenvalue weighted by molar-refractivity contribution is -0.384. The highest BCUT2D eigenvalue weighted by molar-refractivity contribution is 5.97. The lowest BCUT2D eigenvalue weighted by Gasteiger charge is -2.08. The number of carbonyl (C=O) groups excluding carboxylic acids is 2. The molecule has 94 valence electrons. The normalized spacial score (nSPS) is 9.89. The quantitative estimate of drug-likeness (QED) is 0.478. The number of nitro groups is 1. The Bertz CT molecular complexity index is 664. The summed E-state index contributed by atoms with van der Waals surface area (Å²) in [5.41, 5.74) is 0.847. The van der Waals surface area contributed by atoms with Crippen molar-refractivity contribution in [2.75, 3.05) is 0 Å². The molecule has 5 nitrogen and oxygen atoms in total. The van der Waals surface area contributed by atoms with Crippen LogP contribution in [-0.4, -0.2) is 17.5 Å². The zero-order valence-corrected chi connectivity index (χ0v) is 9.78. The monoisotopic (exact) mass is 255 g/mol. The zero-order chi connectivity index (χ0) is 13.8. The van der Waals surface area contributed by atoms with Gasteiger partial charge >= 0.3 is 0 Å². The maximum Gasteiger partial charge on any atom is 0.277 e. The first-order valence-electron chi connectivity index (χ1n) is 5.46. The second kappa shape index (κ2) is 5.22. The molecular formula is C14H9NO4. The van der Waals surface area contributed by atoms with Gasteiger partial charge in [0.25, 0.3) is 5.69 Å². The van der Waals surface area contributed by atoms with E-state index in [-0.39, 0.29) is 16.8 Å². The molecule has 0 saturated carbocycles. The molecule has 0 bridgehead atoms. The Kier molecular flexibility index (Phi) is 3.47. The SMILES string of the molecule is O=Cc1ccccc1-c1c(C=O)cccc1[N+](=O)[O-]. The number of nitro benzene ring substituents is 1. The van der Waals surface area contributed by atoms with Crippen LogP contribution in [-0.2, 0) is 0 Å². The zero-order valence-electron chi connectivity index (χ0n) is 9.78. The molecule has 0 spiro atoms. The minimum absolute atomic E-state index is 0.171. The lowest BCUT2D eigenvalue weighted by Crippen LogP contribution is -1.98. The summed E-state index contributed by atoms with van der Waals surface area (Å²) < 4.78 is 0. The van der Waals surface area contributed by atoms with Gasteiger partial charge in [0.05, 0.1) is 10.5 Å². The summed E-state index contributed by atoms with van der Waals surface area (Å²) >= 11 is 0. The molecule has 0 aliphatic heterocycles. The predicted octanol–water partition coefficient (Wildman–Crippen LogP) is 2.89. The number of aldehydes is 2. The fourth-order valence-electron chi connectivity index (χ4n) is 1.93. The molecular weight excluding hydrogens is 246 g/mol. The van der Waals surface area contributed by atoms with Gasteiger partial charge in [-0.2, -0.15) is 0 Å². The Morgan fingerprint density at radius 2 is 1.53 bits per heavy atom. The van der Waals surface area contributed by atoms with Crippen molar-refractivity contribution in [1.82, 2.24) is 0 Å². The average Bonchev–Trinajstić information content (AvgIpc) is 2.46. The van der Waals surface area contributed by atoms with Gasteiger partial charge in [-0.05, 0) is 5.56 Å². The highest BCUT2D eigenvalue weighted by atomic mass is 16.6. The number of nitrogens with zero attached hydrogens (tertiary/aromatic N) is 1. The summed E-state index contributed by atoms with van der Waals surface area (Å²) in [6.45, 7) is 0. The standard InChI is InChI=1S/C14H9NO4/c16-8-10-4-1-2-6-12(10)14-11(9-17)5-3-7-13(14)15(18)19/h1-9H. The number of rotatable bonds is 4. The van der Waals surface area contributed by atoms with E-state index in [2.05, 4.69) is 0 Å². The van der Waals surface area contributed by atoms with Gasteiger partial charge < -0.3 is 0 Å². The summed E-state index contributed by atoms with van der Waals surface area (Å²) in [5, 5.41) is 11.1. The van der Waals surface area contributed by atoms with E-state index in [4.69, 9.17) is 0 Å². The minimum Gasteiger partial charge on any atom is -0.298 e. The predicted molar refractivity (Wildman–Crippen MR) is 69.3 cm³/mol. The van der Waals surface area contributed by atoms with E-state index in [1.54, 1.807) is 24.3 Å². The fourth-order valence-corrected chi connectivity index (χ4v) is 1.93. The second-order valence-corrected chi connectivity index (χ2v) is 3.82. The molecule has 0 unspecified atom stereocenters. The van der Waals surface area contributed by atoms with Crippen LogP contribution in [0.3, 0.4) is 0 Å². The molecule has 0 saturated heterocycles. The van der Waals surface area contributed by atoms with Crippen LogP contribution in [0.2, 0.25) is 0 Å². The maximum absolute atomic E-state index is 11.1. The third-order valence-electron chi connectivity index (χ3n) is 2.76. The third kappa shape index (κ3) is 2.26.